The van der Waals surface area contributed by atoms with E-state index < -0.39 is 0 Å². The summed E-state index contributed by atoms with van der Waals surface area (Å²) in [5, 5.41) is 9.85. The lowest BCUT2D eigenvalue weighted by Crippen LogP contribution is -2.03. The molecule has 0 aliphatic rings. The third kappa shape index (κ3) is 2.61. The molecule has 0 fully saturated rings. The zero-order valence-electron chi connectivity index (χ0n) is 13.0. The van der Waals surface area contributed by atoms with E-state index in [0.717, 1.165) is 17.0 Å². The first-order chi connectivity index (χ1) is 10.9. The maximum atomic E-state index is 9.60. The number of hydrogen-bond acceptors (Lipinski definition) is 5. The first-order valence-electron chi connectivity index (χ1n) is 7.00. The Morgan fingerprint density at radius 1 is 1.17 bits per heavy atom. The smallest absolute Gasteiger partial charge is 0.161 e. The first kappa shape index (κ1) is 15.3. The minimum absolute atomic E-state index is 0.0176. The van der Waals surface area contributed by atoms with Crippen molar-refractivity contribution in [2.75, 3.05) is 5.73 Å². The van der Waals surface area contributed by atoms with Crippen molar-refractivity contribution in [3.8, 4) is 28.5 Å². The van der Waals surface area contributed by atoms with Gasteiger partial charge in [0.05, 0.1) is 22.6 Å². The van der Waals surface area contributed by atoms with Crippen LogP contribution in [0.15, 0.2) is 24.4 Å². The van der Waals surface area contributed by atoms with Crippen molar-refractivity contribution in [2.45, 2.75) is 13.8 Å². The van der Waals surface area contributed by atoms with Gasteiger partial charge in [-0.2, -0.15) is 0 Å². The number of aromatic nitrogens is 4. The highest BCUT2D eigenvalue weighted by atomic mass is 35.5. The average molecular weight is 330 g/mol. The van der Waals surface area contributed by atoms with Crippen LogP contribution < -0.4 is 5.73 Å². The van der Waals surface area contributed by atoms with Gasteiger partial charge in [-0.1, -0.05) is 11.6 Å². The van der Waals surface area contributed by atoms with Gasteiger partial charge in [0.1, 0.15) is 17.3 Å². The van der Waals surface area contributed by atoms with Gasteiger partial charge >= 0.3 is 0 Å². The normalized spacial score (nSPS) is 11.0. The molecule has 3 rings (SSSR count). The molecule has 6 nitrogen and oxygen atoms in total. The summed E-state index contributed by atoms with van der Waals surface area (Å²) in [6.45, 7) is 3.93. The Kier molecular flexibility index (Phi) is 3.69. The number of aromatic hydroxyl groups is 1. The van der Waals surface area contributed by atoms with Gasteiger partial charge in [0.15, 0.2) is 5.82 Å². The monoisotopic (exact) mass is 329 g/mol. The molecule has 1 aromatic carbocycles. The lowest BCUT2D eigenvalue weighted by atomic mass is 10.1. The van der Waals surface area contributed by atoms with E-state index in [0.29, 0.717) is 23.0 Å². The minimum atomic E-state index is 0.0176. The van der Waals surface area contributed by atoms with Crippen molar-refractivity contribution < 1.29 is 5.11 Å². The third-order valence-electron chi connectivity index (χ3n) is 3.84. The molecule has 2 aromatic heterocycles. The number of halogens is 1. The summed E-state index contributed by atoms with van der Waals surface area (Å²) in [7, 11) is 1.92. The number of phenolic OH excluding ortho intramolecular Hbond substituents is 1. The van der Waals surface area contributed by atoms with E-state index in [1.807, 2.05) is 25.5 Å². The molecule has 0 saturated carbocycles. The van der Waals surface area contributed by atoms with Crippen LogP contribution in [0.5, 0.6) is 5.75 Å². The van der Waals surface area contributed by atoms with Gasteiger partial charge in [-0.3, -0.25) is 0 Å². The molecule has 0 spiro atoms. The van der Waals surface area contributed by atoms with E-state index in [-0.39, 0.29) is 10.8 Å². The molecule has 0 unspecified atom stereocenters. The Hall–Kier alpha value is -2.60. The second-order valence-corrected chi connectivity index (χ2v) is 5.73. The summed E-state index contributed by atoms with van der Waals surface area (Å²) < 4.78 is 1.95. The number of nitrogens with two attached hydrogens (primary N) is 1. The molecule has 0 saturated heterocycles. The predicted molar refractivity (Wildman–Crippen MR) is 90.2 cm³/mol. The summed E-state index contributed by atoms with van der Waals surface area (Å²) in [5.41, 5.74) is 9.68. The molecule has 0 radical (unpaired) electrons. The van der Waals surface area contributed by atoms with Crippen molar-refractivity contribution in [1.82, 2.24) is 19.5 Å². The van der Waals surface area contributed by atoms with E-state index in [4.69, 9.17) is 17.3 Å². The molecule has 3 N–H and O–H groups in total. The van der Waals surface area contributed by atoms with Crippen LogP contribution in [0, 0.1) is 13.8 Å². The molecule has 0 aliphatic heterocycles. The van der Waals surface area contributed by atoms with E-state index in [1.165, 1.54) is 12.3 Å². The lowest BCUT2D eigenvalue weighted by molar-refractivity contribution is 0.475. The zero-order valence-corrected chi connectivity index (χ0v) is 13.8. The van der Waals surface area contributed by atoms with Crippen LogP contribution in [0.25, 0.3) is 22.8 Å². The molecule has 3 aromatic rings. The van der Waals surface area contributed by atoms with E-state index >= 15 is 0 Å². The molecule has 7 heteroatoms. The molecule has 0 bridgehead atoms. The lowest BCUT2D eigenvalue weighted by Gasteiger charge is -2.10. The van der Waals surface area contributed by atoms with Crippen LogP contribution in [-0.2, 0) is 7.05 Å². The Morgan fingerprint density at radius 3 is 2.52 bits per heavy atom. The predicted octanol–water partition coefficient (Wildman–Crippen LogP) is 3.10. The maximum Gasteiger partial charge on any atom is 0.161 e. The highest BCUT2D eigenvalue weighted by molar-refractivity contribution is 6.32. The van der Waals surface area contributed by atoms with Gasteiger partial charge in [-0.05, 0) is 32.0 Å². The number of imidazole rings is 1. The molecular formula is C16H16ClN5O. The number of benzene rings is 1. The SMILES string of the molecule is Cc1nc(-c2nc(N)cnc2-c2ccc(O)c(Cl)c2)n(C)c1C. The fourth-order valence-electron chi connectivity index (χ4n) is 2.35. The molecule has 2 heterocycles. The summed E-state index contributed by atoms with van der Waals surface area (Å²) in [6, 6.07) is 4.89. The van der Waals surface area contributed by atoms with Gasteiger partial charge in [0.2, 0.25) is 0 Å². The third-order valence-corrected chi connectivity index (χ3v) is 4.14. The molecule has 0 aliphatic carbocycles. The van der Waals surface area contributed by atoms with E-state index in [2.05, 4.69) is 15.0 Å². The van der Waals surface area contributed by atoms with Gasteiger partial charge in [-0.25, -0.2) is 15.0 Å². The molecule has 0 atom stereocenters. The van der Waals surface area contributed by atoms with Crippen LogP contribution in [0.3, 0.4) is 0 Å². The Balaban J connectivity index is 2.26. The topological polar surface area (TPSA) is 89.8 Å². The van der Waals surface area contributed by atoms with Crippen LogP contribution in [0.2, 0.25) is 5.02 Å². The molecule has 118 valence electrons. The number of anilines is 1. The van der Waals surface area contributed by atoms with Gasteiger partial charge in [-0.15, -0.1) is 0 Å². The van der Waals surface area contributed by atoms with Crippen LogP contribution >= 0.6 is 11.6 Å². The molecule has 0 amide bonds. The average Bonchev–Trinajstić information content (AvgIpc) is 2.77. The highest BCUT2D eigenvalue weighted by Crippen LogP contribution is 2.33. The van der Waals surface area contributed by atoms with Gasteiger partial charge < -0.3 is 15.4 Å². The number of rotatable bonds is 2. The van der Waals surface area contributed by atoms with Crippen molar-refractivity contribution >= 4 is 17.4 Å². The molecular weight excluding hydrogens is 314 g/mol. The van der Waals surface area contributed by atoms with Crippen molar-refractivity contribution in [1.29, 1.82) is 0 Å². The first-order valence-corrected chi connectivity index (χ1v) is 7.38. The van der Waals surface area contributed by atoms with Crippen molar-refractivity contribution in [3.05, 3.63) is 40.8 Å². The number of hydrogen-bond donors (Lipinski definition) is 2. The fraction of sp³-hybridized carbons (Fsp3) is 0.188. The van der Waals surface area contributed by atoms with E-state index in [1.54, 1.807) is 12.1 Å². The van der Waals surface area contributed by atoms with Crippen LogP contribution in [0.4, 0.5) is 5.82 Å². The second-order valence-electron chi connectivity index (χ2n) is 5.32. The largest absolute Gasteiger partial charge is 0.506 e. The second kappa shape index (κ2) is 5.55. The standard InChI is InChI=1S/C16H16ClN5O/c1-8-9(2)22(3)16(20-8)15-14(19-7-13(18)21-15)10-4-5-12(23)11(17)6-10/h4-7,23H,1-3H3,(H2,18,21). The van der Waals surface area contributed by atoms with E-state index in [9.17, 15) is 5.11 Å². The Labute approximate surface area is 138 Å². The van der Waals surface area contributed by atoms with Crippen LogP contribution in [-0.4, -0.2) is 24.6 Å². The quantitative estimate of drug-likeness (QED) is 0.754. The van der Waals surface area contributed by atoms with Crippen molar-refractivity contribution in [2.24, 2.45) is 7.05 Å². The summed E-state index contributed by atoms with van der Waals surface area (Å²) in [6.07, 6.45) is 1.49. The maximum absolute atomic E-state index is 9.60. The summed E-state index contributed by atoms with van der Waals surface area (Å²) >= 11 is 6.01. The summed E-state index contributed by atoms with van der Waals surface area (Å²) in [5.74, 6) is 1.01. The number of phenols is 1. The van der Waals surface area contributed by atoms with Gasteiger partial charge in [0.25, 0.3) is 0 Å². The highest BCUT2D eigenvalue weighted by Gasteiger charge is 2.18. The zero-order chi connectivity index (χ0) is 16.7. The number of aryl methyl sites for hydroxylation is 1. The minimum Gasteiger partial charge on any atom is -0.506 e. The fourth-order valence-corrected chi connectivity index (χ4v) is 2.53. The number of nitrogens with zero attached hydrogens (tertiary/aromatic N) is 4. The summed E-state index contributed by atoms with van der Waals surface area (Å²) in [4.78, 5) is 13.4. The van der Waals surface area contributed by atoms with Crippen molar-refractivity contribution in [3.63, 3.8) is 0 Å². The Bertz CT molecular complexity index is 904. The van der Waals surface area contributed by atoms with Crippen LogP contribution in [0.1, 0.15) is 11.4 Å². The number of nitrogen functional groups attached to an aromatic ring is 1. The Morgan fingerprint density at radius 2 is 1.91 bits per heavy atom. The molecule has 23 heavy (non-hydrogen) atoms. The van der Waals surface area contributed by atoms with Gasteiger partial charge in [0, 0.05) is 18.3 Å².